The van der Waals surface area contributed by atoms with E-state index >= 15 is 0 Å². The van der Waals surface area contributed by atoms with Crippen molar-refractivity contribution in [2.75, 3.05) is 19.8 Å². The van der Waals surface area contributed by atoms with Crippen LogP contribution in [0.1, 0.15) is 70.2 Å². The molecule has 37 heavy (non-hydrogen) atoms. The van der Waals surface area contributed by atoms with E-state index < -0.39 is 43.6 Å². The zero-order chi connectivity index (χ0) is 26.2. The molecule has 2 aliphatic heterocycles. The third kappa shape index (κ3) is 6.82. The molecule has 0 amide bonds. The normalized spacial score (nSPS) is 28.4. The number of ether oxygens (including phenoxy) is 6. The highest BCUT2D eigenvalue weighted by atomic mass is 16.8. The van der Waals surface area contributed by atoms with Crippen LogP contribution in [-0.4, -0.2) is 60.6 Å². The second-order valence-electron chi connectivity index (χ2n) is 9.51. The van der Waals surface area contributed by atoms with Crippen LogP contribution >= 0.6 is 0 Å². The van der Waals surface area contributed by atoms with Crippen LogP contribution in [0.4, 0.5) is 0 Å². The van der Waals surface area contributed by atoms with E-state index in [1.165, 1.54) is 0 Å². The van der Waals surface area contributed by atoms with Crippen LogP contribution in [0.3, 0.4) is 0 Å². The first kappa shape index (κ1) is 27.8. The van der Waals surface area contributed by atoms with Gasteiger partial charge in [0.15, 0.2) is 12.6 Å². The number of aliphatic hydroxyl groups excluding tert-OH is 2. The number of rotatable bonds is 12. The van der Waals surface area contributed by atoms with E-state index in [-0.39, 0.29) is 6.10 Å². The Kier molecular flexibility index (Phi) is 10.2. The average molecular weight is 517 g/mol. The van der Waals surface area contributed by atoms with Gasteiger partial charge >= 0.3 is 0 Å². The van der Waals surface area contributed by atoms with E-state index in [0.717, 1.165) is 48.3 Å². The van der Waals surface area contributed by atoms with Gasteiger partial charge in [-0.25, -0.2) is 0 Å². The Hall–Kier alpha value is -2.20. The summed E-state index contributed by atoms with van der Waals surface area (Å²) in [5.74, 6) is 1.56. The van der Waals surface area contributed by atoms with E-state index in [4.69, 9.17) is 28.4 Å². The summed E-state index contributed by atoms with van der Waals surface area (Å²) >= 11 is 0. The highest BCUT2D eigenvalue weighted by molar-refractivity contribution is 5.29. The Morgan fingerprint density at radius 2 is 1.22 bits per heavy atom. The lowest BCUT2D eigenvalue weighted by atomic mass is 9.93. The summed E-state index contributed by atoms with van der Waals surface area (Å²) in [6.07, 6.45) is -1.25. The molecule has 2 saturated heterocycles. The molecule has 8 heteroatoms. The van der Waals surface area contributed by atoms with Crippen LogP contribution in [-0.2, 0) is 18.9 Å². The highest BCUT2D eigenvalue weighted by Crippen LogP contribution is 2.42. The minimum atomic E-state index is -1.14. The molecule has 2 aromatic rings. The standard InChI is InChI=1S/C29H40O8/c1-4-7-24-26-27(37-28(34-24)19-8-12-21(13-9-19)32-16-5-2)25(23(31)18-30)35-29(36-26)20-10-14-22(15-11-20)33-17-6-3/h8-15,23-31H,4-7,16-18H2,1-3H3. The zero-order valence-corrected chi connectivity index (χ0v) is 22.0. The third-order valence-electron chi connectivity index (χ3n) is 6.54. The fourth-order valence-electron chi connectivity index (χ4n) is 4.65. The Morgan fingerprint density at radius 1 is 0.703 bits per heavy atom. The van der Waals surface area contributed by atoms with Crippen LogP contribution in [0, 0.1) is 0 Å². The summed E-state index contributed by atoms with van der Waals surface area (Å²) in [6.45, 7) is 7.06. The van der Waals surface area contributed by atoms with Crippen molar-refractivity contribution >= 4 is 0 Å². The van der Waals surface area contributed by atoms with Gasteiger partial charge in [0.2, 0.25) is 0 Å². The van der Waals surface area contributed by atoms with Gasteiger partial charge in [-0.15, -0.1) is 0 Å². The van der Waals surface area contributed by atoms with Crippen LogP contribution in [0.2, 0.25) is 0 Å². The number of aliphatic hydroxyl groups is 2. The van der Waals surface area contributed by atoms with Crippen LogP contribution in [0.15, 0.2) is 48.5 Å². The highest BCUT2D eigenvalue weighted by Gasteiger charge is 2.51. The van der Waals surface area contributed by atoms with Gasteiger partial charge in [-0.05, 0) is 43.5 Å². The topological polar surface area (TPSA) is 95.8 Å². The van der Waals surface area contributed by atoms with E-state index in [1.807, 2.05) is 48.5 Å². The smallest absolute Gasteiger partial charge is 0.184 e. The fourth-order valence-corrected chi connectivity index (χ4v) is 4.65. The average Bonchev–Trinajstić information content (AvgIpc) is 2.94. The molecule has 2 aliphatic rings. The summed E-state index contributed by atoms with van der Waals surface area (Å²) in [5, 5.41) is 20.5. The Labute approximate surface area is 219 Å². The van der Waals surface area contributed by atoms with Crippen LogP contribution < -0.4 is 9.47 Å². The first-order valence-corrected chi connectivity index (χ1v) is 13.4. The van der Waals surface area contributed by atoms with Gasteiger partial charge in [0, 0.05) is 11.1 Å². The van der Waals surface area contributed by atoms with Gasteiger partial charge < -0.3 is 38.6 Å². The first-order chi connectivity index (χ1) is 18.1. The molecule has 2 N–H and O–H groups in total. The van der Waals surface area contributed by atoms with Gasteiger partial charge in [-0.2, -0.15) is 0 Å². The van der Waals surface area contributed by atoms with Crippen molar-refractivity contribution in [3.63, 3.8) is 0 Å². The Bertz CT molecular complexity index is 934. The second kappa shape index (κ2) is 13.6. The molecule has 0 radical (unpaired) electrons. The molecule has 0 spiro atoms. The van der Waals surface area contributed by atoms with E-state index in [9.17, 15) is 10.2 Å². The van der Waals surface area contributed by atoms with Gasteiger partial charge in [-0.1, -0.05) is 51.5 Å². The predicted molar refractivity (Wildman–Crippen MR) is 137 cm³/mol. The minimum Gasteiger partial charge on any atom is -0.494 e. The van der Waals surface area contributed by atoms with E-state index in [2.05, 4.69) is 20.8 Å². The fraction of sp³-hybridized carbons (Fsp3) is 0.586. The SMILES string of the molecule is CCCOc1ccc(C2OC(C(O)CO)C3OC(c4ccc(OCCC)cc4)OC(CCC)C3O2)cc1. The maximum Gasteiger partial charge on any atom is 0.184 e. The molecule has 0 aromatic heterocycles. The Balaban J connectivity index is 1.55. The molecule has 7 atom stereocenters. The number of fused-ring (bicyclic) bond motifs is 1. The molecule has 204 valence electrons. The van der Waals surface area contributed by atoms with E-state index in [0.29, 0.717) is 13.2 Å². The number of hydrogen-bond donors (Lipinski definition) is 2. The van der Waals surface area contributed by atoms with E-state index in [1.54, 1.807) is 0 Å². The summed E-state index contributed by atoms with van der Waals surface area (Å²) < 4.78 is 36.8. The van der Waals surface area contributed by atoms with Gasteiger partial charge in [0.05, 0.1) is 25.9 Å². The Morgan fingerprint density at radius 3 is 1.70 bits per heavy atom. The van der Waals surface area contributed by atoms with Crippen LogP contribution in [0.25, 0.3) is 0 Å². The second-order valence-corrected chi connectivity index (χ2v) is 9.51. The van der Waals surface area contributed by atoms with Gasteiger partial charge in [0.1, 0.15) is 35.9 Å². The summed E-state index contributed by atoms with van der Waals surface area (Å²) in [7, 11) is 0. The molecule has 0 bridgehead atoms. The number of hydrogen-bond acceptors (Lipinski definition) is 8. The van der Waals surface area contributed by atoms with Gasteiger partial charge in [0.25, 0.3) is 0 Å². The third-order valence-corrected chi connectivity index (χ3v) is 6.54. The maximum absolute atomic E-state index is 10.7. The lowest BCUT2D eigenvalue weighted by Crippen LogP contribution is -2.61. The summed E-state index contributed by atoms with van der Waals surface area (Å²) in [4.78, 5) is 0. The van der Waals surface area contributed by atoms with Gasteiger partial charge in [-0.3, -0.25) is 0 Å². The van der Waals surface area contributed by atoms with Crippen molar-refractivity contribution < 1.29 is 38.6 Å². The lowest BCUT2D eigenvalue weighted by Gasteiger charge is -2.50. The van der Waals surface area contributed by atoms with Crippen molar-refractivity contribution in [2.24, 2.45) is 0 Å². The summed E-state index contributed by atoms with van der Waals surface area (Å²) in [5.41, 5.74) is 1.63. The monoisotopic (exact) mass is 516 g/mol. The lowest BCUT2D eigenvalue weighted by molar-refractivity contribution is -0.391. The first-order valence-electron chi connectivity index (χ1n) is 13.4. The maximum atomic E-state index is 10.7. The molecule has 8 nitrogen and oxygen atoms in total. The number of benzene rings is 2. The van der Waals surface area contributed by atoms with Crippen molar-refractivity contribution in [3.8, 4) is 11.5 Å². The van der Waals surface area contributed by atoms with Crippen molar-refractivity contribution in [1.82, 2.24) is 0 Å². The summed E-state index contributed by atoms with van der Waals surface area (Å²) in [6, 6.07) is 15.2. The quantitative estimate of drug-likeness (QED) is 0.420. The molecule has 2 aromatic carbocycles. The molecule has 7 unspecified atom stereocenters. The molecule has 0 saturated carbocycles. The molecular formula is C29H40O8. The molecule has 4 rings (SSSR count). The van der Waals surface area contributed by atoms with Crippen molar-refractivity contribution in [2.45, 2.75) is 89.6 Å². The molecule has 2 heterocycles. The minimum absolute atomic E-state index is 0.281. The zero-order valence-electron chi connectivity index (χ0n) is 22.0. The molecule has 2 fully saturated rings. The predicted octanol–water partition coefficient (Wildman–Crippen LogP) is 4.68. The van der Waals surface area contributed by atoms with Crippen molar-refractivity contribution in [1.29, 1.82) is 0 Å². The largest absolute Gasteiger partial charge is 0.494 e. The molecular weight excluding hydrogens is 476 g/mol. The van der Waals surface area contributed by atoms with Crippen molar-refractivity contribution in [3.05, 3.63) is 59.7 Å². The molecule has 0 aliphatic carbocycles. The van der Waals surface area contributed by atoms with Crippen LogP contribution in [0.5, 0.6) is 11.5 Å².